The minimum Gasteiger partial charge on any atom is -0.451 e. The number of ether oxygens (including phenoxy) is 1. The summed E-state index contributed by atoms with van der Waals surface area (Å²) in [7, 11) is 0. The van der Waals surface area contributed by atoms with Gasteiger partial charge >= 0.3 is 5.97 Å². The van der Waals surface area contributed by atoms with Gasteiger partial charge in [0.25, 0.3) is 11.8 Å². The van der Waals surface area contributed by atoms with Gasteiger partial charge in [-0.05, 0) is 68.8 Å². The Balaban J connectivity index is 1.34. The van der Waals surface area contributed by atoms with E-state index in [0.717, 1.165) is 20.5 Å². The molecule has 4 aromatic carbocycles. The highest BCUT2D eigenvalue weighted by Crippen LogP contribution is 2.33. The lowest BCUT2D eigenvalue weighted by molar-refractivity contribution is 0.0320. The number of benzene rings is 4. The van der Waals surface area contributed by atoms with Crippen LogP contribution in [0, 0.1) is 13.8 Å². The molecule has 0 saturated heterocycles. The van der Waals surface area contributed by atoms with Crippen molar-refractivity contribution in [3.8, 4) is 11.3 Å². The molecule has 5 aromatic rings. The zero-order valence-electron chi connectivity index (χ0n) is 23.6. The van der Waals surface area contributed by atoms with E-state index in [-0.39, 0.29) is 23.2 Å². The number of anilines is 1. The van der Waals surface area contributed by atoms with Gasteiger partial charge in [0.05, 0.1) is 33.6 Å². The minimum absolute atomic E-state index is 0.261. The van der Waals surface area contributed by atoms with Crippen LogP contribution in [-0.2, 0) is 4.74 Å². The Morgan fingerprint density at radius 3 is 2.09 bits per heavy atom. The molecule has 0 aliphatic carbocycles. The minimum atomic E-state index is -1.01. The smallest absolute Gasteiger partial charge is 0.339 e. The van der Waals surface area contributed by atoms with Crippen molar-refractivity contribution in [1.82, 2.24) is 4.98 Å². The summed E-state index contributed by atoms with van der Waals surface area (Å²) in [6, 6.07) is 26.0. The highest BCUT2D eigenvalue weighted by Gasteiger charge is 2.36. The molecule has 7 nitrogen and oxygen atoms in total. The molecule has 8 heteroatoms. The van der Waals surface area contributed by atoms with Gasteiger partial charge in [-0.15, -0.1) is 0 Å². The van der Waals surface area contributed by atoms with Gasteiger partial charge in [-0.25, -0.2) is 14.7 Å². The number of esters is 1. The Hall–Kier alpha value is -4.95. The number of rotatable bonds is 6. The summed E-state index contributed by atoms with van der Waals surface area (Å²) in [6.45, 7) is 5.39. The predicted molar refractivity (Wildman–Crippen MR) is 168 cm³/mol. The third-order valence-electron chi connectivity index (χ3n) is 7.49. The molecular formula is C35H25BrN2O5. The van der Waals surface area contributed by atoms with Crippen molar-refractivity contribution in [3.63, 3.8) is 0 Å². The van der Waals surface area contributed by atoms with Gasteiger partial charge < -0.3 is 4.74 Å². The molecule has 212 valence electrons. The second-order valence-corrected chi connectivity index (χ2v) is 11.4. The van der Waals surface area contributed by atoms with Crippen molar-refractivity contribution in [1.29, 1.82) is 0 Å². The summed E-state index contributed by atoms with van der Waals surface area (Å²) in [4.78, 5) is 58.5. The van der Waals surface area contributed by atoms with Gasteiger partial charge in [0, 0.05) is 21.0 Å². The van der Waals surface area contributed by atoms with Crippen molar-refractivity contribution < 1.29 is 23.9 Å². The van der Waals surface area contributed by atoms with Crippen LogP contribution in [0.1, 0.15) is 59.5 Å². The van der Waals surface area contributed by atoms with E-state index in [0.29, 0.717) is 44.5 Å². The highest BCUT2D eigenvalue weighted by atomic mass is 79.9. The fourth-order valence-corrected chi connectivity index (χ4v) is 5.78. The Morgan fingerprint density at radius 1 is 0.837 bits per heavy atom. The molecule has 0 saturated carbocycles. The van der Waals surface area contributed by atoms with Gasteiger partial charge in [0.15, 0.2) is 6.10 Å². The van der Waals surface area contributed by atoms with Crippen molar-refractivity contribution in [2.24, 2.45) is 0 Å². The largest absolute Gasteiger partial charge is 0.451 e. The molecule has 2 heterocycles. The first-order valence-electron chi connectivity index (χ1n) is 13.6. The van der Waals surface area contributed by atoms with Crippen LogP contribution in [0.25, 0.3) is 22.2 Å². The van der Waals surface area contributed by atoms with Gasteiger partial charge in [0.1, 0.15) is 0 Å². The summed E-state index contributed by atoms with van der Waals surface area (Å²) in [5, 5.41) is 0.582. The molecule has 0 radical (unpaired) electrons. The maximum absolute atomic E-state index is 13.6. The normalized spacial score (nSPS) is 13.3. The number of imide groups is 1. The molecule has 0 spiro atoms. The molecule has 6 rings (SSSR count). The van der Waals surface area contributed by atoms with E-state index in [1.807, 2.05) is 32.0 Å². The zero-order valence-corrected chi connectivity index (χ0v) is 25.1. The maximum atomic E-state index is 13.6. The van der Waals surface area contributed by atoms with Gasteiger partial charge in [0.2, 0.25) is 5.78 Å². The van der Waals surface area contributed by atoms with E-state index in [4.69, 9.17) is 9.72 Å². The van der Waals surface area contributed by atoms with Crippen molar-refractivity contribution >= 4 is 56.1 Å². The molecule has 0 N–H and O–H groups in total. The molecule has 1 atom stereocenters. The van der Waals surface area contributed by atoms with Gasteiger partial charge in [-0.1, -0.05) is 70.0 Å². The maximum Gasteiger partial charge on any atom is 0.339 e. The van der Waals surface area contributed by atoms with Crippen LogP contribution >= 0.6 is 15.9 Å². The number of Topliss-reactive ketones (excluding diaryl/α,β-unsaturated/α-hetero) is 1. The van der Waals surface area contributed by atoms with E-state index in [1.165, 1.54) is 0 Å². The highest BCUT2D eigenvalue weighted by molar-refractivity contribution is 9.10. The van der Waals surface area contributed by atoms with Crippen molar-refractivity contribution in [2.45, 2.75) is 26.9 Å². The lowest BCUT2D eigenvalue weighted by Gasteiger charge is -2.16. The van der Waals surface area contributed by atoms with Crippen LogP contribution in [0.2, 0.25) is 0 Å². The first kappa shape index (κ1) is 28.2. The molecule has 0 fully saturated rings. The predicted octanol–water partition coefficient (Wildman–Crippen LogP) is 7.51. The SMILES string of the molecule is Cc1ccc(C(=O)C(C)OC(=O)c2cc(-c3ccc(N4C(=O)c5ccccc5C4=O)cc3)nc3c(C)cc(Br)cc23)cc1. The van der Waals surface area contributed by atoms with Gasteiger partial charge in [-0.2, -0.15) is 0 Å². The summed E-state index contributed by atoms with van der Waals surface area (Å²) in [5.74, 6) is -1.70. The average Bonchev–Trinajstić information content (AvgIpc) is 3.26. The molecule has 43 heavy (non-hydrogen) atoms. The first-order valence-corrected chi connectivity index (χ1v) is 14.4. The van der Waals surface area contributed by atoms with E-state index in [2.05, 4.69) is 15.9 Å². The summed E-state index contributed by atoms with van der Waals surface area (Å²) < 4.78 is 6.46. The Labute approximate surface area is 256 Å². The van der Waals surface area contributed by atoms with Crippen LogP contribution in [0.5, 0.6) is 0 Å². The van der Waals surface area contributed by atoms with Crippen LogP contribution < -0.4 is 4.90 Å². The number of nitrogens with zero attached hydrogens (tertiary/aromatic N) is 2. The van der Waals surface area contributed by atoms with E-state index < -0.39 is 12.1 Å². The van der Waals surface area contributed by atoms with E-state index in [1.54, 1.807) is 79.7 Å². The van der Waals surface area contributed by atoms with Crippen molar-refractivity contribution in [3.05, 3.63) is 129 Å². The van der Waals surface area contributed by atoms with Crippen LogP contribution in [-0.4, -0.2) is 34.7 Å². The first-order chi connectivity index (χ1) is 20.6. The number of pyridine rings is 1. The molecule has 1 unspecified atom stereocenters. The van der Waals surface area contributed by atoms with E-state index >= 15 is 0 Å². The van der Waals surface area contributed by atoms with Crippen LogP contribution in [0.4, 0.5) is 5.69 Å². The standard InChI is InChI=1S/C35H25BrN2O5/c1-19-8-10-23(11-9-19)32(39)21(3)43-35(42)29-18-30(37-31-20(2)16-24(36)17-28(29)31)22-12-14-25(15-13-22)38-33(40)26-6-4-5-7-27(26)34(38)41/h4-18,21H,1-3H3. The Morgan fingerprint density at radius 2 is 1.47 bits per heavy atom. The number of fused-ring (bicyclic) bond motifs is 2. The van der Waals surface area contributed by atoms with Crippen LogP contribution in [0.15, 0.2) is 95.5 Å². The second kappa shape index (κ2) is 11.0. The second-order valence-electron chi connectivity index (χ2n) is 10.5. The summed E-state index contributed by atoms with van der Waals surface area (Å²) >= 11 is 3.51. The lowest BCUT2D eigenvalue weighted by Crippen LogP contribution is -2.29. The topological polar surface area (TPSA) is 93.6 Å². The van der Waals surface area contributed by atoms with E-state index in [9.17, 15) is 19.2 Å². The third-order valence-corrected chi connectivity index (χ3v) is 7.95. The molecule has 1 aromatic heterocycles. The molecule has 0 bridgehead atoms. The zero-order chi connectivity index (χ0) is 30.4. The number of hydrogen-bond donors (Lipinski definition) is 0. The van der Waals surface area contributed by atoms with Crippen LogP contribution in [0.3, 0.4) is 0 Å². The fraction of sp³-hybridized carbons (Fsp3) is 0.114. The van der Waals surface area contributed by atoms with Gasteiger partial charge in [-0.3, -0.25) is 14.4 Å². The fourth-order valence-electron chi connectivity index (χ4n) is 5.21. The summed E-state index contributed by atoms with van der Waals surface area (Å²) in [6.07, 6.45) is -1.01. The Bertz CT molecular complexity index is 1930. The number of hydrogen-bond acceptors (Lipinski definition) is 6. The number of carbonyl (C=O) groups excluding carboxylic acids is 4. The number of halogens is 1. The molecule has 1 aliphatic rings. The molecule has 2 amide bonds. The quantitative estimate of drug-likeness (QED) is 0.109. The van der Waals surface area contributed by atoms with Crippen molar-refractivity contribution in [2.75, 3.05) is 4.90 Å². The number of ketones is 1. The third kappa shape index (κ3) is 5.15. The summed E-state index contributed by atoms with van der Waals surface area (Å²) in [5.41, 5.74) is 5.52. The molecular weight excluding hydrogens is 608 g/mol. The monoisotopic (exact) mass is 632 g/mol. The number of aryl methyl sites for hydroxylation is 2. The average molecular weight is 633 g/mol. The number of carbonyl (C=O) groups is 4. The number of aromatic nitrogens is 1. The number of amides is 2. The lowest BCUT2D eigenvalue weighted by atomic mass is 10.0. The molecule has 1 aliphatic heterocycles. The Kier molecular flexibility index (Phi) is 7.23.